The van der Waals surface area contributed by atoms with Gasteiger partial charge in [0.1, 0.15) is 12.4 Å². The smallest absolute Gasteiger partial charge is 0.326 e. The molecule has 1 aliphatic rings. The molecular formula is C22H25N3O4. The van der Waals surface area contributed by atoms with Gasteiger partial charge in [-0.25, -0.2) is 4.79 Å². The first kappa shape index (κ1) is 19.3. The summed E-state index contributed by atoms with van der Waals surface area (Å²) in [7, 11) is 1.61. The molecular weight excluding hydrogens is 370 g/mol. The Morgan fingerprint density at radius 1 is 1.07 bits per heavy atom. The number of likely N-dealkylation sites (tertiary alicyclic amines) is 1. The average molecular weight is 395 g/mol. The number of fused-ring (bicyclic) bond motifs is 1. The van der Waals surface area contributed by atoms with Crippen molar-refractivity contribution in [2.75, 3.05) is 33.4 Å². The van der Waals surface area contributed by atoms with Crippen LogP contribution in [0.25, 0.3) is 11.0 Å². The van der Waals surface area contributed by atoms with Crippen molar-refractivity contribution in [2.24, 2.45) is 0 Å². The van der Waals surface area contributed by atoms with Crippen molar-refractivity contribution in [3.63, 3.8) is 0 Å². The monoisotopic (exact) mass is 395 g/mol. The van der Waals surface area contributed by atoms with Crippen LogP contribution in [0.5, 0.6) is 5.75 Å². The van der Waals surface area contributed by atoms with Crippen molar-refractivity contribution in [1.82, 2.24) is 14.5 Å². The SMILES string of the molecule is COCCOc1ccccc1C(=O)N1CCC(n2c(=O)[nH]c3ccccc32)CC1. The Balaban J connectivity index is 1.47. The van der Waals surface area contributed by atoms with Crippen LogP contribution in [-0.4, -0.2) is 53.8 Å². The number of imidazole rings is 1. The molecule has 2 heterocycles. The number of aromatic amines is 1. The number of H-pyrrole nitrogens is 1. The lowest BCUT2D eigenvalue weighted by Crippen LogP contribution is -2.40. The molecule has 0 unspecified atom stereocenters. The zero-order chi connectivity index (χ0) is 20.2. The fourth-order valence-corrected chi connectivity index (χ4v) is 3.94. The number of hydrogen-bond acceptors (Lipinski definition) is 4. The highest BCUT2D eigenvalue weighted by Gasteiger charge is 2.27. The molecule has 0 bridgehead atoms. The van der Waals surface area contributed by atoms with Gasteiger partial charge in [0.25, 0.3) is 5.91 Å². The number of nitrogens with zero attached hydrogens (tertiary/aromatic N) is 2. The van der Waals surface area contributed by atoms with E-state index in [2.05, 4.69) is 4.98 Å². The third kappa shape index (κ3) is 3.91. The minimum absolute atomic E-state index is 0.0391. The molecule has 1 N–H and O–H groups in total. The second-order valence-corrected chi connectivity index (χ2v) is 7.18. The summed E-state index contributed by atoms with van der Waals surface area (Å²) in [5.41, 5.74) is 2.23. The van der Waals surface area contributed by atoms with E-state index in [1.807, 2.05) is 45.9 Å². The van der Waals surface area contributed by atoms with Gasteiger partial charge in [0.2, 0.25) is 0 Å². The Labute approximate surface area is 168 Å². The average Bonchev–Trinajstić information content (AvgIpc) is 3.09. The molecule has 0 radical (unpaired) electrons. The maximum absolute atomic E-state index is 13.1. The quantitative estimate of drug-likeness (QED) is 0.651. The van der Waals surface area contributed by atoms with E-state index in [9.17, 15) is 9.59 Å². The number of para-hydroxylation sites is 3. The lowest BCUT2D eigenvalue weighted by atomic mass is 10.0. The van der Waals surface area contributed by atoms with E-state index in [0.29, 0.717) is 37.6 Å². The number of carbonyl (C=O) groups is 1. The number of nitrogens with one attached hydrogen (secondary N) is 1. The highest BCUT2D eigenvalue weighted by Crippen LogP contribution is 2.27. The van der Waals surface area contributed by atoms with E-state index in [0.717, 1.165) is 23.9 Å². The number of methoxy groups -OCH3 is 1. The lowest BCUT2D eigenvalue weighted by Gasteiger charge is -2.33. The van der Waals surface area contributed by atoms with Crippen molar-refractivity contribution < 1.29 is 14.3 Å². The molecule has 0 atom stereocenters. The summed E-state index contributed by atoms with van der Waals surface area (Å²) in [6.07, 6.45) is 1.47. The van der Waals surface area contributed by atoms with Crippen molar-refractivity contribution in [2.45, 2.75) is 18.9 Å². The van der Waals surface area contributed by atoms with Gasteiger partial charge in [-0.15, -0.1) is 0 Å². The fourth-order valence-electron chi connectivity index (χ4n) is 3.94. The standard InChI is InChI=1S/C22H25N3O4/c1-28-14-15-29-20-9-5-2-6-17(20)21(26)24-12-10-16(11-13-24)25-19-8-4-3-7-18(19)23-22(25)27/h2-9,16H,10-15H2,1H3,(H,23,27). The highest BCUT2D eigenvalue weighted by atomic mass is 16.5. The number of aromatic nitrogens is 2. The van der Waals surface area contributed by atoms with E-state index in [1.165, 1.54) is 0 Å². The largest absolute Gasteiger partial charge is 0.490 e. The van der Waals surface area contributed by atoms with E-state index in [-0.39, 0.29) is 17.6 Å². The third-order valence-corrected chi connectivity index (χ3v) is 5.40. The Morgan fingerprint density at radius 2 is 1.79 bits per heavy atom. The van der Waals surface area contributed by atoms with Gasteiger partial charge >= 0.3 is 5.69 Å². The molecule has 1 amide bonds. The van der Waals surface area contributed by atoms with Gasteiger partial charge in [0.15, 0.2) is 0 Å². The molecule has 4 rings (SSSR count). The fraction of sp³-hybridized carbons (Fsp3) is 0.364. The van der Waals surface area contributed by atoms with E-state index < -0.39 is 0 Å². The van der Waals surface area contributed by atoms with Gasteiger partial charge in [0, 0.05) is 26.2 Å². The second kappa shape index (κ2) is 8.53. The highest BCUT2D eigenvalue weighted by molar-refractivity contribution is 5.97. The van der Waals surface area contributed by atoms with E-state index >= 15 is 0 Å². The van der Waals surface area contributed by atoms with Gasteiger partial charge in [-0.05, 0) is 37.1 Å². The Morgan fingerprint density at radius 3 is 2.59 bits per heavy atom. The summed E-state index contributed by atoms with van der Waals surface area (Å²) < 4.78 is 12.6. The van der Waals surface area contributed by atoms with Crippen LogP contribution >= 0.6 is 0 Å². The van der Waals surface area contributed by atoms with Crippen LogP contribution in [-0.2, 0) is 4.74 Å². The Kier molecular flexibility index (Phi) is 5.67. The maximum Gasteiger partial charge on any atom is 0.326 e. The second-order valence-electron chi connectivity index (χ2n) is 7.18. The molecule has 152 valence electrons. The molecule has 1 saturated heterocycles. The minimum atomic E-state index is -0.0899. The lowest BCUT2D eigenvalue weighted by molar-refractivity contribution is 0.0688. The molecule has 0 spiro atoms. The minimum Gasteiger partial charge on any atom is -0.490 e. The number of piperidine rings is 1. The van der Waals surface area contributed by atoms with E-state index in [1.54, 1.807) is 19.2 Å². The molecule has 0 aliphatic carbocycles. The number of amides is 1. The number of carbonyl (C=O) groups excluding carboxylic acids is 1. The zero-order valence-electron chi connectivity index (χ0n) is 16.5. The van der Waals surface area contributed by atoms with Gasteiger partial charge in [-0.2, -0.15) is 0 Å². The summed E-state index contributed by atoms with van der Waals surface area (Å²) in [4.78, 5) is 30.3. The van der Waals surface area contributed by atoms with Gasteiger partial charge in [-0.3, -0.25) is 9.36 Å². The molecule has 0 saturated carbocycles. The van der Waals surface area contributed by atoms with Crippen LogP contribution in [0, 0.1) is 0 Å². The third-order valence-electron chi connectivity index (χ3n) is 5.40. The molecule has 1 aromatic heterocycles. The Hall–Kier alpha value is -3.06. The van der Waals surface area contributed by atoms with Crippen LogP contribution in [0.2, 0.25) is 0 Å². The first-order chi connectivity index (χ1) is 14.2. The molecule has 1 aliphatic heterocycles. The zero-order valence-corrected chi connectivity index (χ0v) is 16.5. The maximum atomic E-state index is 13.1. The number of ether oxygens (including phenoxy) is 2. The van der Waals surface area contributed by atoms with Gasteiger partial charge in [-0.1, -0.05) is 24.3 Å². The van der Waals surface area contributed by atoms with Crippen LogP contribution in [0.4, 0.5) is 0 Å². The van der Waals surface area contributed by atoms with Crippen molar-refractivity contribution >= 4 is 16.9 Å². The molecule has 7 heteroatoms. The van der Waals surface area contributed by atoms with Crippen LogP contribution in [0.15, 0.2) is 53.3 Å². The molecule has 2 aromatic carbocycles. The predicted octanol–water partition coefficient (Wildman–Crippen LogP) is 2.83. The number of benzene rings is 2. The molecule has 3 aromatic rings. The van der Waals surface area contributed by atoms with Crippen LogP contribution in [0.3, 0.4) is 0 Å². The summed E-state index contributed by atoms with van der Waals surface area (Å²) in [6, 6.07) is 15.1. The summed E-state index contributed by atoms with van der Waals surface area (Å²) >= 11 is 0. The molecule has 29 heavy (non-hydrogen) atoms. The van der Waals surface area contributed by atoms with Gasteiger partial charge in [0.05, 0.1) is 23.2 Å². The first-order valence-electron chi connectivity index (χ1n) is 9.88. The van der Waals surface area contributed by atoms with Crippen molar-refractivity contribution in [3.8, 4) is 5.75 Å². The topological polar surface area (TPSA) is 76.6 Å². The van der Waals surface area contributed by atoms with Crippen molar-refractivity contribution in [3.05, 3.63) is 64.6 Å². The number of rotatable bonds is 6. The molecule has 7 nitrogen and oxygen atoms in total. The van der Waals surface area contributed by atoms with Crippen molar-refractivity contribution in [1.29, 1.82) is 0 Å². The van der Waals surface area contributed by atoms with Gasteiger partial charge < -0.3 is 19.4 Å². The first-order valence-corrected chi connectivity index (χ1v) is 9.88. The summed E-state index contributed by atoms with van der Waals surface area (Å²) in [5, 5.41) is 0. The summed E-state index contributed by atoms with van der Waals surface area (Å²) in [5.74, 6) is 0.535. The van der Waals surface area contributed by atoms with Crippen LogP contribution < -0.4 is 10.4 Å². The summed E-state index contributed by atoms with van der Waals surface area (Å²) in [6.45, 7) is 2.06. The van der Waals surface area contributed by atoms with Crippen LogP contribution in [0.1, 0.15) is 29.2 Å². The normalized spacial score (nSPS) is 15.0. The predicted molar refractivity (Wildman–Crippen MR) is 111 cm³/mol. The number of hydrogen-bond donors (Lipinski definition) is 1. The Bertz CT molecular complexity index is 1050. The van der Waals surface area contributed by atoms with E-state index in [4.69, 9.17) is 9.47 Å². The molecule has 1 fully saturated rings.